The Kier molecular flexibility index (Phi) is 5.69. The molecule has 0 saturated carbocycles. The van der Waals surface area contributed by atoms with Gasteiger partial charge in [0.15, 0.2) is 17.0 Å². The van der Waals surface area contributed by atoms with Crippen LogP contribution in [0.15, 0.2) is 6.33 Å². The molecule has 0 saturated heterocycles. The second-order valence-corrected chi connectivity index (χ2v) is 4.01. The lowest BCUT2D eigenvalue weighted by Crippen LogP contribution is -2.12. The predicted molar refractivity (Wildman–Crippen MR) is 76.2 cm³/mol. The van der Waals surface area contributed by atoms with Crippen LogP contribution in [0.3, 0.4) is 0 Å². The highest BCUT2D eigenvalue weighted by Gasteiger charge is 2.12. The quantitative estimate of drug-likeness (QED) is 0.879. The van der Waals surface area contributed by atoms with E-state index in [2.05, 4.69) is 20.3 Å². The van der Waals surface area contributed by atoms with Crippen LogP contribution < -0.4 is 5.32 Å². The van der Waals surface area contributed by atoms with Crippen molar-refractivity contribution in [1.82, 2.24) is 19.5 Å². The van der Waals surface area contributed by atoms with Gasteiger partial charge in [-0.2, -0.15) is 9.97 Å². The van der Waals surface area contributed by atoms with E-state index in [0.717, 1.165) is 6.42 Å². The zero-order valence-electron chi connectivity index (χ0n) is 11.6. The van der Waals surface area contributed by atoms with Crippen molar-refractivity contribution in [3.8, 4) is 0 Å². The van der Waals surface area contributed by atoms with Gasteiger partial charge in [-0.15, -0.1) is 0 Å². The van der Waals surface area contributed by atoms with E-state index in [1.807, 2.05) is 20.8 Å². The monoisotopic (exact) mass is 283 g/mol. The lowest BCUT2D eigenvalue weighted by Gasteiger charge is -2.04. The first kappa shape index (κ1) is 15.4. The van der Waals surface area contributed by atoms with Crippen molar-refractivity contribution in [1.29, 1.82) is 0 Å². The zero-order chi connectivity index (χ0) is 14.4. The van der Waals surface area contributed by atoms with Crippen molar-refractivity contribution in [3.05, 3.63) is 11.6 Å². The molecule has 0 spiro atoms. The van der Waals surface area contributed by atoms with E-state index in [-0.39, 0.29) is 11.2 Å². The highest BCUT2D eigenvalue weighted by Crippen LogP contribution is 2.20. The molecular weight excluding hydrogens is 266 g/mol. The number of aryl methyl sites for hydroxylation is 1. The minimum Gasteiger partial charge on any atom is -0.318 e. The number of amides is 1. The molecule has 0 unspecified atom stereocenters. The Bertz CT molecular complexity index is 566. The molecule has 0 aliphatic carbocycles. The average molecular weight is 284 g/mol. The van der Waals surface area contributed by atoms with Gasteiger partial charge < -0.3 is 9.88 Å². The van der Waals surface area contributed by atoms with Crippen LogP contribution in [0.5, 0.6) is 0 Å². The molecule has 1 amide bonds. The van der Waals surface area contributed by atoms with Crippen LogP contribution in [0.1, 0.15) is 33.6 Å². The molecule has 0 aliphatic heterocycles. The summed E-state index contributed by atoms with van der Waals surface area (Å²) in [5.74, 6) is 0.258. The molecule has 2 heterocycles. The SMILES string of the molecule is CC.CCCC(=O)Nc1nc(Cl)nc2c1ncn2C. The van der Waals surface area contributed by atoms with E-state index in [4.69, 9.17) is 11.6 Å². The Labute approximate surface area is 117 Å². The maximum absolute atomic E-state index is 11.5. The predicted octanol–water partition coefficient (Wildman–Crippen LogP) is 2.78. The van der Waals surface area contributed by atoms with Gasteiger partial charge in [-0.1, -0.05) is 20.8 Å². The van der Waals surface area contributed by atoms with Gasteiger partial charge in [0, 0.05) is 13.5 Å². The van der Waals surface area contributed by atoms with Crippen molar-refractivity contribution in [2.24, 2.45) is 7.05 Å². The van der Waals surface area contributed by atoms with Gasteiger partial charge in [0.05, 0.1) is 6.33 Å². The van der Waals surface area contributed by atoms with E-state index in [1.165, 1.54) is 0 Å². The number of aromatic nitrogens is 4. The van der Waals surface area contributed by atoms with E-state index < -0.39 is 0 Å². The second kappa shape index (κ2) is 7.04. The first-order valence-corrected chi connectivity index (χ1v) is 6.64. The van der Waals surface area contributed by atoms with Crippen LogP contribution in [-0.2, 0) is 11.8 Å². The van der Waals surface area contributed by atoms with Crippen molar-refractivity contribution in [2.75, 3.05) is 5.32 Å². The molecule has 0 aliphatic rings. The molecule has 19 heavy (non-hydrogen) atoms. The van der Waals surface area contributed by atoms with Crippen LogP contribution in [0.4, 0.5) is 5.82 Å². The number of imidazole rings is 1. The molecule has 1 N–H and O–H groups in total. The minimum atomic E-state index is -0.103. The number of hydrogen-bond donors (Lipinski definition) is 1. The summed E-state index contributed by atoms with van der Waals surface area (Å²) in [6.45, 7) is 5.93. The normalized spacial score (nSPS) is 9.95. The fourth-order valence-corrected chi connectivity index (χ4v) is 1.65. The molecule has 0 fully saturated rings. The molecule has 2 aromatic rings. The second-order valence-electron chi connectivity index (χ2n) is 3.67. The van der Waals surface area contributed by atoms with Gasteiger partial charge in [0.2, 0.25) is 11.2 Å². The van der Waals surface area contributed by atoms with Crippen LogP contribution in [0.25, 0.3) is 11.2 Å². The summed E-state index contributed by atoms with van der Waals surface area (Å²) in [6.07, 6.45) is 2.82. The van der Waals surface area contributed by atoms with Gasteiger partial charge in [-0.25, -0.2) is 4.98 Å². The molecule has 7 heteroatoms. The van der Waals surface area contributed by atoms with Gasteiger partial charge in [-0.3, -0.25) is 4.79 Å². The van der Waals surface area contributed by atoms with Gasteiger partial charge in [-0.05, 0) is 18.0 Å². The number of fused-ring (bicyclic) bond motifs is 1. The standard InChI is InChI=1S/C10H12ClN5O.C2H6/c1-3-4-6(17)13-8-7-9(15-10(11)14-8)16(2)5-12-7;1-2/h5H,3-4H2,1-2H3,(H,13,14,15,17);1-2H3. The Morgan fingerprint density at radius 2 is 2.11 bits per heavy atom. The van der Waals surface area contributed by atoms with Crippen LogP contribution >= 0.6 is 11.6 Å². The zero-order valence-corrected chi connectivity index (χ0v) is 12.3. The number of carbonyl (C=O) groups is 1. The molecule has 104 valence electrons. The third kappa shape index (κ3) is 3.64. The lowest BCUT2D eigenvalue weighted by atomic mass is 10.3. The van der Waals surface area contributed by atoms with E-state index in [9.17, 15) is 4.79 Å². The number of halogens is 1. The summed E-state index contributed by atoms with van der Waals surface area (Å²) >= 11 is 5.80. The number of carbonyl (C=O) groups excluding carboxylic acids is 1. The van der Waals surface area contributed by atoms with Crippen molar-refractivity contribution in [3.63, 3.8) is 0 Å². The summed E-state index contributed by atoms with van der Waals surface area (Å²) in [5.41, 5.74) is 1.14. The van der Waals surface area contributed by atoms with Gasteiger partial charge in [0.25, 0.3) is 0 Å². The maximum Gasteiger partial charge on any atom is 0.226 e. The molecule has 0 aromatic carbocycles. The van der Waals surface area contributed by atoms with Gasteiger partial charge >= 0.3 is 0 Å². The Morgan fingerprint density at radius 1 is 1.42 bits per heavy atom. The number of nitrogens with zero attached hydrogens (tertiary/aromatic N) is 4. The Hall–Kier alpha value is -1.69. The maximum atomic E-state index is 11.5. The minimum absolute atomic E-state index is 0.0906. The van der Waals surface area contributed by atoms with E-state index in [0.29, 0.717) is 23.4 Å². The highest BCUT2D eigenvalue weighted by molar-refractivity contribution is 6.28. The third-order valence-corrected chi connectivity index (χ3v) is 2.44. The van der Waals surface area contributed by atoms with Crippen molar-refractivity contribution in [2.45, 2.75) is 33.6 Å². The Balaban J connectivity index is 0.000000861. The topological polar surface area (TPSA) is 72.7 Å². The molecule has 6 nitrogen and oxygen atoms in total. The summed E-state index contributed by atoms with van der Waals surface area (Å²) in [6, 6.07) is 0. The van der Waals surface area contributed by atoms with Crippen molar-refractivity contribution < 1.29 is 4.79 Å². The van der Waals surface area contributed by atoms with E-state index >= 15 is 0 Å². The summed E-state index contributed by atoms with van der Waals surface area (Å²) in [7, 11) is 1.80. The van der Waals surface area contributed by atoms with Crippen LogP contribution in [-0.4, -0.2) is 25.4 Å². The first-order valence-electron chi connectivity index (χ1n) is 6.26. The van der Waals surface area contributed by atoms with Crippen molar-refractivity contribution >= 4 is 34.5 Å². The smallest absolute Gasteiger partial charge is 0.226 e. The fourth-order valence-electron chi connectivity index (χ4n) is 1.49. The molecular formula is C12H18ClN5O. The number of hydrogen-bond acceptors (Lipinski definition) is 4. The van der Waals surface area contributed by atoms with Crippen LogP contribution in [0.2, 0.25) is 5.28 Å². The summed E-state index contributed by atoms with van der Waals surface area (Å²) < 4.78 is 1.72. The summed E-state index contributed by atoms with van der Waals surface area (Å²) in [5, 5.41) is 2.78. The largest absolute Gasteiger partial charge is 0.318 e. The molecule has 0 radical (unpaired) electrons. The molecule has 2 aromatic heterocycles. The molecule has 0 bridgehead atoms. The third-order valence-electron chi connectivity index (χ3n) is 2.27. The van der Waals surface area contributed by atoms with E-state index in [1.54, 1.807) is 17.9 Å². The molecule has 2 rings (SSSR count). The Morgan fingerprint density at radius 3 is 2.74 bits per heavy atom. The average Bonchev–Trinajstić information content (AvgIpc) is 2.74. The number of rotatable bonds is 3. The summed E-state index contributed by atoms with van der Waals surface area (Å²) in [4.78, 5) is 23.7. The molecule has 0 atom stereocenters. The highest BCUT2D eigenvalue weighted by atomic mass is 35.5. The van der Waals surface area contributed by atoms with Gasteiger partial charge in [0.1, 0.15) is 0 Å². The first-order chi connectivity index (χ1) is 9.11. The number of anilines is 1. The van der Waals surface area contributed by atoms with Crippen LogP contribution in [0, 0.1) is 0 Å². The fraction of sp³-hybridized carbons (Fsp3) is 0.500. The lowest BCUT2D eigenvalue weighted by molar-refractivity contribution is -0.116. The number of nitrogens with one attached hydrogen (secondary N) is 1.